The molecule has 0 aliphatic rings. The van der Waals surface area contributed by atoms with Crippen LogP contribution < -0.4 is 4.74 Å². The molecule has 1 rings (SSSR count). The van der Waals surface area contributed by atoms with Crippen molar-refractivity contribution in [2.24, 2.45) is 0 Å². The van der Waals surface area contributed by atoms with Crippen molar-refractivity contribution in [3.8, 4) is 5.75 Å². The highest BCUT2D eigenvalue weighted by Crippen LogP contribution is 2.38. The summed E-state index contributed by atoms with van der Waals surface area (Å²) in [5.74, 6) is -0.379. The van der Waals surface area contributed by atoms with E-state index < -0.39 is 11.4 Å². The Balaban J connectivity index is 3.59. The van der Waals surface area contributed by atoms with Crippen LogP contribution in [0.15, 0.2) is 10.5 Å². The van der Waals surface area contributed by atoms with Crippen molar-refractivity contribution >= 4 is 15.9 Å². The highest BCUT2D eigenvalue weighted by molar-refractivity contribution is 9.10. The van der Waals surface area contributed by atoms with E-state index in [1.807, 2.05) is 0 Å². The van der Waals surface area contributed by atoms with E-state index in [1.54, 1.807) is 20.8 Å². The summed E-state index contributed by atoms with van der Waals surface area (Å²) in [6.45, 7) is 5.01. The van der Waals surface area contributed by atoms with Gasteiger partial charge in [-0.05, 0) is 32.4 Å². The van der Waals surface area contributed by atoms with E-state index >= 15 is 0 Å². The lowest BCUT2D eigenvalue weighted by molar-refractivity contribution is 0.0741. The predicted octanol–water partition coefficient (Wildman–Crippen LogP) is 3.13. The van der Waals surface area contributed by atoms with Crippen LogP contribution in [0.3, 0.4) is 0 Å². The summed E-state index contributed by atoms with van der Waals surface area (Å²) in [6, 6.07) is 1.34. The number of benzene rings is 1. The first kappa shape index (κ1) is 12.5. The molecule has 1 aromatic carbocycles. The van der Waals surface area contributed by atoms with Crippen LogP contribution in [0.1, 0.15) is 25.0 Å². The Kier molecular flexibility index (Phi) is 3.41. The first-order chi connectivity index (χ1) is 6.79. The summed E-state index contributed by atoms with van der Waals surface area (Å²) >= 11 is 3.25. The minimum Gasteiger partial charge on any atom is -0.493 e. The molecular formula is C11H14BrFO2. The molecule has 0 saturated heterocycles. The zero-order valence-corrected chi connectivity index (χ0v) is 10.8. The van der Waals surface area contributed by atoms with Gasteiger partial charge in [-0.1, -0.05) is 15.9 Å². The van der Waals surface area contributed by atoms with Gasteiger partial charge < -0.3 is 9.84 Å². The fourth-order valence-corrected chi connectivity index (χ4v) is 2.03. The summed E-state index contributed by atoms with van der Waals surface area (Å²) in [5.41, 5.74) is 0.109. The van der Waals surface area contributed by atoms with Crippen molar-refractivity contribution in [1.29, 1.82) is 0 Å². The summed E-state index contributed by atoms with van der Waals surface area (Å²) in [4.78, 5) is 0. The molecule has 0 spiro atoms. The van der Waals surface area contributed by atoms with Crippen molar-refractivity contribution < 1.29 is 14.2 Å². The van der Waals surface area contributed by atoms with Crippen molar-refractivity contribution in [2.45, 2.75) is 26.4 Å². The molecule has 0 aromatic heterocycles. The predicted molar refractivity (Wildman–Crippen MR) is 60.6 cm³/mol. The lowest BCUT2D eigenvalue weighted by atomic mass is 9.92. The van der Waals surface area contributed by atoms with E-state index in [0.29, 0.717) is 10.0 Å². The summed E-state index contributed by atoms with van der Waals surface area (Å²) in [6.07, 6.45) is 0. The molecular weight excluding hydrogens is 263 g/mol. The molecule has 2 nitrogen and oxygen atoms in total. The second-order valence-corrected chi connectivity index (χ2v) is 4.79. The Morgan fingerprint density at radius 2 is 2.00 bits per heavy atom. The van der Waals surface area contributed by atoms with Gasteiger partial charge in [-0.15, -0.1) is 0 Å². The lowest BCUT2D eigenvalue weighted by Crippen LogP contribution is -2.19. The minimum atomic E-state index is -1.14. The van der Waals surface area contributed by atoms with E-state index in [9.17, 15) is 9.50 Å². The average molecular weight is 277 g/mol. The van der Waals surface area contributed by atoms with Crippen LogP contribution in [-0.2, 0) is 5.60 Å². The summed E-state index contributed by atoms with van der Waals surface area (Å²) < 4.78 is 19.2. The zero-order chi connectivity index (χ0) is 11.8. The van der Waals surface area contributed by atoms with E-state index in [2.05, 4.69) is 15.9 Å². The number of hydrogen-bond donors (Lipinski definition) is 1. The summed E-state index contributed by atoms with van der Waals surface area (Å²) in [7, 11) is 1.39. The smallest absolute Gasteiger partial charge is 0.166 e. The number of methoxy groups -OCH3 is 1. The van der Waals surface area contributed by atoms with Crippen molar-refractivity contribution in [2.75, 3.05) is 7.11 Å². The third kappa shape index (κ3) is 2.32. The number of halogens is 2. The number of rotatable bonds is 2. The number of aliphatic hydroxyl groups is 1. The molecule has 0 aliphatic carbocycles. The molecule has 0 amide bonds. The number of ether oxygens (including phenoxy) is 1. The van der Waals surface area contributed by atoms with Gasteiger partial charge in [0.1, 0.15) is 0 Å². The topological polar surface area (TPSA) is 29.5 Å². The fraction of sp³-hybridized carbons (Fsp3) is 0.455. The van der Waals surface area contributed by atoms with Crippen molar-refractivity contribution in [1.82, 2.24) is 0 Å². The second kappa shape index (κ2) is 4.10. The molecule has 0 fully saturated rings. The van der Waals surface area contributed by atoms with Gasteiger partial charge in [0.05, 0.1) is 12.7 Å². The molecule has 4 heteroatoms. The molecule has 1 N–H and O–H groups in total. The van der Waals surface area contributed by atoms with Gasteiger partial charge in [-0.2, -0.15) is 0 Å². The van der Waals surface area contributed by atoms with E-state index in [-0.39, 0.29) is 5.75 Å². The van der Waals surface area contributed by atoms with Crippen molar-refractivity contribution in [3.05, 3.63) is 27.5 Å². The Bertz CT molecular complexity index is 383. The molecule has 0 radical (unpaired) electrons. The van der Waals surface area contributed by atoms with Gasteiger partial charge in [0.25, 0.3) is 0 Å². The Hall–Kier alpha value is -0.610. The van der Waals surface area contributed by atoms with E-state index in [0.717, 1.165) is 5.56 Å². The van der Waals surface area contributed by atoms with Gasteiger partial charge >= 0.3 is 0 Å². The monoisotopic (exact) mass is 276 g/mol. The van der Waals surface area contributed by atoms with Crippen molar-refractivity contribution in [3.63, 3.8) is 0 Å². The molecule has 15 heavy (non-hydrogen) atoms. The van der Waals surface area contributed by atoms with Crippen LogP contribution >= 0.6 is 15.9 Å². The largest absolute Gasteiger partial charge is 0.493 e. The highest BCUT2D eigenvalue weighted by atomic mass is 79.9. The van der Waals surface area contributed by atoms with Gasteiger partial charge in [0.2, 0.25) is 0 Å². The molecule has 0 atom stereocenters. The lowest BCUT2D eigenvalue weighted by Gasteiger charge is -2.24. The van der Waals surface area contributed by atoms with Gasteiger partial charge in [-0.25, -0.2) is 4.39 Å². The fourth-order valence-electron chi connectivity index (χ4n) is 1.63. The van der Waals surface area contributed by atoms with Crippen LogP contribution in [0, 0.1) is 12.7 Å². The second-order valence-electron chi connectivity index (χ2n) is 3.93. The van der Waals surface area contributed by atoms with Gasteiger partial charge in [0, 0.05) is 10.0 Å². The maximum atomic E-state index is 13.6. The first-order valence-corrected chi connectivity index (χ1v) is 5.33. The highest BCUT2D eigenvalue weighted by Gasteiger charge is 2.27. The van der Waals surface area contributed by atoms with Gasteiger partial charge in [0.15, 0.2) is 11.6 Å². The third-order valence-electron chi connectivity index (χ3n) is 2.25. The molecule has 84 valence electrons. The molecule has 0 heterocycles. The minimum absolute atomic E-state index is 0.100. The Morgan fingerprint density at radius 1 is 1.47 bits per heavy atom. The van der Waals surface area contributed by atoms with Gasteiger partial charge in [-0.3, -0.25) is 0 Å². The molecule has 0 bridgehead atoms. The SMILES string of the molecule is COc1c(F)cc(Br)c(C)c1C(C)(C)O. The maximum Gasteiger partial charge on any atom is 0.166 e. The molecule has 0 unspecified atom stereocenters. The Labute approximate surface area is 97.2 Å². The van der Waals surface area contributed by atoms with Crippen LogP contribution in [0.25, 0.3) is 0 Å². The zero-order valence-electron chi connectivity index (χ0n) is 9.19. The van der Waals surface area contributed by atoms with E-state index in [4.69, 9.17) is 4.74 Å². The third-order valence-corrected chi connectivity index (χ3v) is 3.07. The van der Waals surface area contributed by atoms with Crippen LogP contribution in [0.2, 0.25) is 0 Å². The van der Waals surface area contributed by atoms with Crippen LogP contribution in [0.5, 0.6) is 5.75 Å². The normalized spacial score (nSPS) is 11.7. The number of hydrogen-bond acceptors (Lipinski definition) is 2. The van der Waals surface area contributed by atoms with Crippen LogP contribution in [0.4, 0.5) is 4.39 Å². The molecule has 0 aliphatic heterocycles. The summed E-state index contributed by atoms with van der Waals surface area (Å²) in [5, 5.41) is 9.96. The molecule has 1 aromatic rings. The standard InChI is InChI=1S/C11H14BrFO2/c1-6-7(12)5-8(13)10(15-4)9(6)11(2,3)14/h5,14H,1-4H3. The quantitative estimate of drug-likeness (QED) is 0.899. The maximum absolute atomic E-state index is 13.6. The average Bonchev–Trinajstić information content (AvgIpc) is 2.08. The first-order valence-electron chi connectivity index (χ1n) is 4.54. The molecule has 0 saturated carbocycles. The van der Waals surface area contributed by atoms with E-state index in [1.165, 1.54) is 13.2 Å². The Morgan fingerprint density at radius 3 is 2.40 bits per heavy atom. The van der Waals surface area contributed by atoms with Crippen LogP contribution in [-0.4, -0.2) is 12.2 Å².